The summed E-state index contributed by atoms with van der Waals surface area (Å²) in [6.45, 7) is 6.12. The number of carbonyl (C=O) groups excluding carboxylic acids is 1. The van der Waals surface area contributed by atoms with E-state index in [0.29, 0.717) is 17.4 Å². The highest BCUT2D eigenvalue weighted by Gasteiger charge is 2.23. The second kappa shape index (κ2) is 9.50. The standard InChI is InChI=1S/C24H26N6O2S/c1-16-21(23(32)30(28(16)4)20-13-9-6-10-14-20)25-22(31)17(2)33-24-27-26-18(3)29(24)15-19-11-7-5-8-12-19/h5-14,17H,15H2,1-4H3,(H,25,31)/t17-/m0/s1. The number of para-hydroxylation sites is 1. The molecule has 0 spiro atoms. The van der Waals surface area contributed by atoms with Gasteiger partial charge in [0.2, 0.25) is 5.91 Å². The fourth-order valence-corrected chi connectivity index (χ4v) is 4.44. The fraction of sp³-hybridized carbons (Fsp3) is 0.250. The van der Waals surface area contributed by atoms with E-state index in [1.54, 1.807) is 23.3 Å². The van der Waals surface area contributed by atoms with E-state index in [0.717, 1.165) is 17.1 Å². The third-order valence-electron chi connectivity index (χ3n) is 5.54. The summed E-state index contributed by atoms with van der Waals surface area (Å²) < 4.78 is 5.27. The van der Waals surface area contributed by atoms with E-state index >= 15 is 0 Å². The SMILES string of the molecule is Cc1nnc(S[C@@H](C)C(=O)Nc2c(C)n(C)n(-c3ccccc3)c2=O)n1Cc1ccccc1. The Hall–Kier alpha value is -3.59. The Kier molecular flexibility index (Phi) is 6.50. The largest absolute Gasteiger partial charge is 0.319 e. The van der Waals surface area contributed by atoms with Gasteiger partial charge in [0.25, 0.3) is 5.56 Å². The van der Waals surface area contributed by atoms with Crippen molar-refractivity contribution in [2.24, 2.45) is 7.05 Å². The minimum Gasteiger partial charge on any atom is -0.319 e. The van der Waals surface area contributed by atoms with Crippen LogP contribution in [0, 0.1) is 13.8 Å². The predicted molar refractivity (Wildman–Crippen MR) is 130 cm³/mol. The van der Waals surface area contributed by atoms with Gasteiger partial charge in [0.05, 0.1) is 23.2 Å². The topological polar surface area (TPSA) is 86.7 Å². The third kappa shape index (κ3) is 4.63. The molecule has 4 aromatic rings. The molecule has 2 aromatic heterocycles. The molecule has 1 atom stereocenters. The molecule has 1 N–H and O–H groups in total. The number of hydrogen-bond acceptors (Lipinski definition) is 5. The molecule has 2 heterocycles. The van der Waals surface area contributed by atoms with E-state index in [1.165, 1.54) is 11.8 Å². The zero-order valence-corrected chi connectivity index (χ0v) is 19.8. The van der Waals surface area contributed by atoms with Crippen LogP contribution in [-0.2, 0) is 18.4 Å². The zero-order chi connectivity index (χ0) is 23.5. The number of anilines is 1. The summed E-state index contributed by atoms with van der Waals surface area (Å²) in [6.07, 6.45) is 0. The lowest BCUT2D eigenvalue weighted by molar-refractivity contribution is -0.115. The summed E-state index contributed by atoms with van der Waals surface area (Å²) in [5, 5.41) is 11.5. The first-order valence-electron chi connectivity index (χ1n) is 10.6. The van der Waals surface area contributed by atoms with Crippen LogP contribution in [0.2, 0.25) is 0 Å². The second-order valence-corrected chi connectivity index (χ2v) is 9.10. The van der Waals surface area contributed by atoms with Gasteiger partial charge in [-0.15, -0.1) is 10.2 Å². The molecule has 2 aromatic carbocycles. The number of thioether (sulfide) groups is 1. The molecule has 4 rings (SSSR count). The molecule has 0 bridgehead atoms. The molecule has 9 heteroatoms. The summed E-state index contributed by atoms with van der Waals surface area (Å²) in [6, 6.07) is 19.4. The summed E-state index contributed by atoms with van der Waals surface area (Å²) in [5.74, 6) is 0.511. The van der Waals surface area contributed by atoms with E-state index in [2.05, 4.69) is 15.5 Å². The summed E-state index contributed by atoms with van der Waals surface area (Å²) in [4.78, 5) is 26.1. The van der Waals surface area contributed by atoms with Gasteiger partial charge in [-0.05, 0) is 38.5 Å². The maximum absolute atomic E-state index is 13.1. The average molecular weight is 463 g/mol. The average Bonchev–Trinajstić information content (AvgIpc) is 3.26. The Morgan fingerprint density at radius 3 is 2.33 bits per heavy atom. The first kappa shape index (κ1) is 22.6. The highest BCUT2D eigenvalue weighted by molar-refractivity contribution is 8.00. The Bertz CT molecular complexity index is 1320. The molecule has 170 valence electrons. The Labute approximate surface area is 196 Å². The highest BCUT2D eigenvalue weighted by atomic mass is 32.2. The van der Waals surface area contributed by atoms with Crippen LogP contribution in [0.15, 0.2) is 70.6 Å². The van der Waals surface area contributed by atoms with E-state index < -0.39 is 5.25 Å². The summed E-state index contributed by atoms with van der Waals surface area (Å²) in [7, 11) is 1.80. The Balaban J connectivity index is 1.53. The van der Waals surface area contributed by atoms with Crippen LogP contribution in [-0.4, -0.2) is 35.3 Å². The smallest absolute Gasteiger partial charge is 0.295 e. The molecule has 0 saturated carbocycles. The van der Waals surface area contributed by atoms with Gasteiger partial charge in [0.1, 0.15) is 11.5 Å². The van der Waals surface area contributed by atoms with E-state index in [9.17, 15) is 9.59 Å². The van der Waals surface area contributed by atoms with E-state index in [4.69, 9.17) is 0 Å². The van der Waals surface area contributed by atoms with Gasteiger partial charge < -0.3 is 9.88 Å². The number of nitrogens with one attached hydrogen (secondary N) is 1. The number of rotatable bonds is 7. The first-order chi connectivity index (χ1) is 15.9. The molecular weight excluding hydrogens is 436 g/mol. The molecule has 0 unspecified atom stereocenters. The van der Waals surface area contributed by atoms with Crippen molar-refractivity contribution in [3.05, 3.63) is 88.1 Å². The number of amides is 1. The van der Waals surface area contributed by atoms with Crippen molar-refractivity contribution in [3.8, 4) is 5.69 Å². The second-order valence-electron chi connectivity index (χ2n) is 7.79. The quantitative estimate of drug-likeness (QED) is 0.425. The Morgan fingerprint density at radius 1 is 1.03 bits per heavy atom. The van der Waals surface area contributed by atoms with Gasteiger partial charge >= 0.3 is 0 Å². The lowest BCUT2D eigenvalue weighted by Gasteiger charge is -2.13. The van der Waals surface area contributed by atoms with Crippen LogP contribution in [0.1, 0.15) is 24.0 Å². The number of hydrogen-bond donors (Lipinski definition) is 1. The number of nitrogens with zero attached hydrogens (tertiary/aromatic N) is 5. The summed E-state index contributed by atoms with van der Waals surface area (Å²) in [5.41, 5.74) is 2.55. The van der Waals surface area contributed by atoms with Crippen molar-refractivity contribution >= 4 is 23.4 Å². The van der Waals surface area contributed by atoms with Crippen LogP contribution < -0.4 is 10.9 Å². The van der Waals surface area contributed by atoms with E-state index in [-0.39, 0.29) is 17.2 Å². The lowest BCUT2D eigenvalue weighted by Crippen LogP contribution is -2.27. The van der Waals surface area contributed by atoms with Crippen molar-refractivity contribution in [2.75, 3.05) is 5.32 Å². The molecule has 1 amide bonds. The van der Waals surface area contributed by atoms with Gasteiger partial charge in [-0.3, -0.25) is 14.3 Å². The molecule has 33 heavy (non-hydrogen) atoms. The van der Waals surface area contributed by atoms with Gasteiger partial charge in [-0.1, -0.05) is 60.3 Å². The van der Waals surface area contributed by atoms with Crippen molar-refractivity contribution in [2.45, 2.75) is 37.7 Å². The molecule has 0 aliphatic carbocycles. The molecule has 0 radical (unpaired) electrons. The maximum Gasteiger partial charge on any atom is 0.295 e. The number of aryl methyl sites for hydroxylation is 1. The van der Waals surface area contributed by atoms with Gasteiger partial charge in [-0.25, -0.2) is 4.68 Å². The number of benzene rings is 2. The predicted octanol–water partition coefficient (Wildman–Crippen LogP) is 3.55. The number of carbonyl (C=O) groups is 1. The van der Waals surface area contributed by atoms with E-state index in [1.807, 2.05) is 79.1 Å². The Morgan fingerprint density at radius 2 is 1.67 bits per heavy atom. The first-order valence-corrected chi connectivity index (χ1v) is 11.5. The van der Waals surface area contributed by atoms with Crippen molar-refractivity contribution in [3.63, 3.8) is 0 Å². The maximum atomic E-state index is 13.1. The lowest BCUT2D eigenvalue weighted by atomic mass is 10.2. The van der Waals surface area contributed by atoms with Crippen LogP contribution in [0.25, 0.3) is 5.69 Å². The van der Waals surface area contributed by atoms with Crippen molar-refractivity contribution < 1.29 is 4.79 Å². The van der Waals surface area contributed by atoms with Crippen molar-refractivity contribution in [1.82, 2.24) is 24.1 Å². The minimum absolute atomic E-state index is 0.266. The summed E-state index contributed by atoms with van der Waals surface area (Å²) >= 11 is 1.32. The van der Waals surface area contributed by atoms with Crippen molar-refractivity contribution in [1.29, 1.82) is 0 Å². The van der Waals surface area contributed by atoms with Crippen LogP contribution >= 0.6 is 11.8 Å². The molecule has 0 fully saturated rings. The molecule has 0 aliphatic heterocycles. The molecular formula is C24H26N6O2S. The molecule has 8 nitrogen and oxygen atoms in total. The fourth-order valence-electron chi connectivity index (χ4n) is 3.55. The zero-order valence-electron chi connectivity index (χ0n) is 19.0. The minimum atomic E-state index is -0.479. The third-order valence-corrected chi connectivity index (χ3v) is 6.62. The molecule has 0 aliphatic rings. The normalized spacial score (nSPS) is 12.0. The van der Waals surface area contributed by atoms with Crippen LogP contribution in [0.5, 0.6) is 0 Å². The monoisotopic (exact) mass is 462 g/mol. The van der Waals surface area contributed by atoms with Crippen LogP contribution in [0.3, 0.4) is 0 Å². The van der Waals surface area contributed by atoms with Gasteiger partial charge in [-0.2, -0.15) is 0 Å². The van der Waals surface area contributed by atoms with Gasteiger partial charge in [0, 0.05) is 7.05 Å². The van der Waals surface area contributed by atoms with Crippen LogP contribution in [0.4, 0.5) is 5.69 Å². The number of aromatic nitrogens is 5. The van der Waals surface area contributed by atoms with Gasteiger partial charge in [0.15, 0.2) is 5.16 Å². The molecule has 0 saturated heterocycles. The highest BCUT2D eigenvalue weighted by Crippen LogP contribution is 2.24.